The van der Waals surface area contributed by atoms with E-state index >= 15 is 0 Å². The molecule has 0 heterocycles. The summed E-state index contributed by atoms with van der Waals surface area (Å²) < 4.78 is 39.5. The zero-order valence-electron chi connectivity index (χ0n) is 13.3. The first-order valence-electron chi connectivity index (χ1n) is 7.96. The summed E-state index contributed by atoms with van der Waals surface area (Å²) in [5, 5.41) is 0. The van der Waals surface area contributed by atoms with Gasteiger partial charge < -0.3 is 9.47 Å². The van der Waals surface area contributed by atoms with Gasteiger partial charge in [-0.1, -0.05) is 40.2 Å². The highest BCUT2D eigenvalue weighted by atomic mass is 79.9. The van der Waals surface area contributed by atoms with Crippen LogP contribution in [0.4, 0.5) is 8.78 Å². The van der Waals surface area contributed by atoms with Crippen molar-refractivity contribution in [2.45, 2.75) is 32.0 Å². The molecule has 2 aromatic carbocycles. The van der Waals surface area contributed by atoms with E-state index in [4.69, 9.17) is 9.47 Å². The van der Waals surface area contributed by atoms with Crippen LogP contribution in [0.3, 0.4) is 0 Å². The molecule has 0 spiro atoms. The highest BCUT2D eigenvalue weighted by molar-refractivity contribution is 9.10. The molecule has 2 nitrogen and oxygen atoms in total. The molecule has 2 atom stereocenters. The summed E-state index contributed by atoms with van der Waals surface area (Å²) >= 11 is 3.41. The summed E-state index contributed by atoms with van der Waals surface area (Å²) in [7, 11) is 0. The topological polar surface area (TPSA) is 18.5 Å². The minimum absolute atomic E-state index is 0.122. The highest BCUT2D eigenvalue weighted by Gasteiger charge is 2.61. The highest BCUT2D eigenvalue weighted by Crippen LogP contribution is 2.56. The number of rotatable bonds is 7. The van der Waals surface area contributed by atoms with Crippen LogP contribution < -0.4 is 4.74 Å². The van der Waals surface area contributed by atoms with E-state index in [1.54, 1.807) is 12.1 Å². The van der Waals surface area contributed by atoms with Crippen molar-refractivity contribution in [3.05, 3.63) is 64.1 Å². The van der Waals surface area contributed by atoms with Crippen LogP contribution in [0.2, 0.25) is 0 Å². The van der Waals surface area contributed by atoms with Crippen LogP contribution >= 0.6 is 15.9 Å². The second-order valence-electron chi connectivity index (χ2n) is 5.94. The third-order valence-corrected chi connectivity index (χ3v) is 4.57. The average Bonchev–Trinajstić information content (AvgIpc) is 3.18. The Balaban J connectivity index is 1.74. The first-order valence-corrected chi connectivity index (χ1v) is 8.75. The Kier molecular flexibility index (Phi) is 5.21. The quantitative estimate of drug-likeness (QED) is 0.591. The van der Waals surface area contributed by atoms with Gasteiger partial charge in [-0.05, 0) is 42.3 Å². The van der Waals surface area contributed by atoms with Gasteiger partial charge >= 0.3 is 0 Å². The fourth-order valence-electron chi connectivity index (χ4n) is 2.74. The standard InChI is InChI=1S/C19H19BrF2O2/c1-2-23-16-8-6-14(7-9-16)18(17-11-19(17,21)22)24-12-13-4-3-5-15(20)10-13/h3-10,17-18H,2,11-12H2,1H3. The van der Waals surface area contributed by atoms with E-state index in [2.05, 4.69) is 15.9 Å². The molecular formula is C19H19BrF2O2. The third-order valence-electron chi connectivity index (χ3n) is 4.08. The maximum Gasteiger partial charge on any atom is 0.254 e. The van der Waals surface area contributed by atoms with Gasteiger partial charge in [-0.15, -0.1) is 0 Å². The van der Waals surface area contributed by atoms with Gasteiger partial charge in [-0.2, -0.15) is 0 Å². The van der Waals surface area contributed by atoms with E-state index in [0.717, 1.165) is 21.3 Å². The minimum atomic E-state index is -2.64. The molecule has 0 saturated heterocycles. The number of hydrogen-bond acceptors (Lipinski definition) is 2. The SMILES string of the molecule is CCOc1ccc(C(OCc2cccc(Br)c2)C2CC2(F)F)cc1. The van der Waals surface area contributed by atoms with Crippen molar-refractivity contribution in [3.8, 4) is 5.75 Å². The molecule has 0 aromatic heterocycles. The fourth-order valence-corrected chi connectivity index (χ4v) is 3.19. The lowest BCUT2D eigenvalue weighted by atomic mass is 10.0. The van der Waals surface area contributed by atoms with E-state index in [1.165, 1.54) is 0 Å². The molecule has 1 fully saturated rings. The lowest BCUT2D eigenvalue weighted by molar-refractivity contribution is -0.0128. The van der Waals surface area contributed by atoms with Crippen LogP contribution in [0.25, 0.3) is 0 Å². The predicted molar refractivity (Wildman–Crippen MR) is 92.3 cm³/mol. The monoisotopic (exact) mass is 396 g/mol. The normalized spacial score (nSPS) is 19.8. The van der Waals surface area contributed by atoms with Crippen LogP contribution in [-0.4, -0.2) is 12.5 Å². The summed E-state index contributed by atoms with van der Waals surface area (Å²) in [6.45, 7) is 2.77. The second-order valence-corrected chi connectivity index (χ2v) is 6.85. The first-order chi connectivity index (χ1) is 11.5. The molecule has 1 aliphatic carbocycles. The van der Waals surface area contributed by atoms with E-state index < -0.39 is 17.9 Å². The molecule has 5 heteroatoms. The van der Waals surface area contributed by atoms with Crippen molar-refractivity contribution < 1.29 is 18.3 Å². The number of ether oxygens (including phenoxy) is 2. The zero-order valence-corrected chi connectivity index (χ0v) is 14.9. The molecule has 1 saturated carbocycles. The first kappa shape index (κ1) is 17.4. The number of benzene rings is 2. The van der Waals surface area contributed by atoms with Crippen molar-refractivity contribution in [2.75, 3.05) is 6.61 Å². The Morgan fingerprint density at radius 2 is 1.92 bits per heavy atom. The number of halogens is 3. The van der Waals surface area contributed by atoms with E-state index in [0.29, 0.717) is 13.2 Å². The molecule has 0 amide bonds. The molecular weight excluding hydrogens is 378 g/mol. The predicted octanol–water partition coefficient (Wildman–Crippen LogP) is 5.76. The van der Waals surface area contributed by atoms with Gasteiger partial charge in [-0.3, -0.25) is 0 Å². The molecule has 1 aliphatic rings. The van der Waals surface area contributed by atoms with Crippen LogP contribution in [0.5, 0.6) is 5.75 Å². The summed E-state index contributed by atoms with van der Waals surface area (Å²) in [6, 6.07) is 14.9. The maximum absolute atomic E-state index is 13.6. The molecule has 0 bridgehead atoms. The Hall–Kier alpha value is -1.46. The van der Waals surface area contributed by atoms with Gasteiger partial charge in [0.25, 0.3) is 5.92 Å². The van der Waals surface area contributed by atoms with Gasteiger partial charge in [0.15, 0.2) is 0 Å². The average molecular weight is 397 g/mol. The van der Waals surface area contributed by atoms with Crippen molar-refractivity contribution >= 4 is 15.9 Å². The van der Waals surface area contributed by atoms with E-state index in [9.17, 15) is 8.78 Å². The van der Waals surface area contributed by atoms with Crippen molar-refractivity contribution in [2.24, 2.45) is 5.92 Å². The van der Waals surface area contributed by atoms with Crippen LogP contribution in [0.1, 0.15) is 30.6 Å². The van der Waals surface area contributed by atoms with E-state index in [1.807, 2.05) is 43.3 Å². The molecule has 0 aliphatic heterocycles. The summed E-state index contributed by atoms with van der Waals surface area (Å²) in [5.41, 5.74) is 1.71. The van der Waals surface area contributed by atoms with Crippen LogP contribution in [0, 0.1) is 5.92 Å². The number of alkyl halides is 2. The van der Waals surface area contributed by atoms with Crippen molar-refractivity contribution in [1.82, 2.24) is 0 Å². The minimum Gasteiger partial charge on any atom is -0.494 e. The Morgan fingerprint density at radius 1 is 1.21 bits per heavy atom. The smallest absolute Gasteiger partial charge is 0.254 e. The molecule has 128 valence electrons. The van der Waals surface area contributed by atoms with Crippen molar-refractivity contribution in [1.29, 1.82) is 0 Å². The zero-order chi connectivity index (χ0) is 17.2. The van der Waals surface area contributed by atoms with Gasteiger partial charge in [-0.25, -0.2) is 8.78 Å². The summed E-state index contributed by atoms with van der Waals surface area (Å²) in [4.78, 5) is 0. The van der Waals surface area contributed by atoms with Gasteiger partial charge in [0.1, 0.15) is 5.75 Å². The second kappa shape index (κ2) is 7.19. The molecule has 24 heavy (non-hydrogen) atoms. The Morgan fingerprint density at radius 3 is 2.50 bits per heavy atom. The van der Waals surface area contributed by atoms with Gasteiger partial charge in [0.05, 0.1) is 25.2 Å². The molecule has 0 radical (unpaired) electrons. The third kappa shape index (κ3) is 4.14. The summed E-state index contributed by atoms with van der Waals surface area (Å²) in [6.07, 6.45) is -0.738. The number of hydrogen-bond donors (Lipinski definition) is 0. The molecule has 2 aromatic rings. The van der Waals surface area contributed by atoms with Crippen LogP contribution in [-0.2, 0) is 11.3 Å². The largest absolute Gasteiger partial charge is 0.494 e. The van der Waals surface area contributed by atoms with Gasteiger partial charge in [0, 0.05) is 10.9 Å². The molecule has 3 rings (SSSR count). The van der Waals surface area contributed by atoms with Gasteiger partial charge in [0.2, 0.25) is 0 Å². The Bertz CT molecular complexity index is 688. The lowest BCUT2D eigenvalue weighted by Crippen LogP contribution is -2.11. The Labute approximate surface area is 148 Å². The molecule has 0 N–H and O–H groups in total. The lowest BCUT2D eigenvalue weighted by Gasteiger charge is -2.19. The fraction of sp³-hybridized carbons (Fsp3) is 0.368. The van der Waals surface area contributed by atoms with E-state index in [-0.39, 0.29) is 6.42 Å². The summed E-state index contributed by atoms with van der Waals surface area (Å²) in [5.74, 6) is -2.67. The van der Waals surface area contributed by atoms with Crippen LogP contribution in [0.15, 0.2) is 53.0 Å². The van der Waals surface area contributed by atoms with Crippen molar-refractivity contribution in [3.63, 3.8) is 0 Å². The maximum atomic E-state index is 13.6. The molecule has 2 unspecified atom stereocenters.